The first-order valence-corrected chi connectivity index (χ1v) is 5.51. The van der Waals surface area contributed by atoms with Gasteiger partial charge >= 0.3 is 11.9 Å². The molecule has 1 saturated heterocycles. The van der Waals surface area contributed by atoms with Crippen molar-refractivity contribution in [3.63, 3.8) is 0 Å². The molecule has 96 valence electrons. The third-order valence-electron chi connectivity index (χ3n) is 2.84. The highest BCUT2D eigenvalue weighted by molar-refractivity contribution is 6.00. The number of carbonyl (C=O) groups is 2. The molecule has 0 N–H and O–H groups in total. The second-order valence-corrected chi connectivity index (χ2v) is 4.54. The van der Waals surface area contributed by atoms with E-state index in [-0.39, 0.29) is 0 Å². The Labute approximate surface area is 105 Å². The van der Waals surface area contributed by atoms with Crippen LogP contribution >= 0.6 is 0 Å². The Morgan fingerprint density at radius 3 is 2.00 bits per heavy atom. The van der Waals surface area contributed by atoms with Gasteiger partial charge in [-0.2, -0.15) is 0 Å². The molecule has 1 aromatic rings. The molecule has 0 aliphatic carbocycles. The van der Waals surface area contributed by atoms with Gasteiger partial charge in [0, 0.05) is 5.56 Å². The SMILES string of the molecule is COc1ccc(C2OC(=O)C(C)(C)C(=O)O2)cc1. The Balaban J connectivity index is 2.20. The maximum Gasteiger partial charge on any atom is 0.326 e. The lowest BCUT2D eigenvalue weighted by atomic mass is 9.93. The van der Waals surface area contributed by atoms with E-state index in [1.54, 1.807) is 31.4 Å². The predicted octanol–water partition coefficient (Wildman–Crippen LogP) is 1.82. The van der Waals surface area contributed by atoms with Gasteiger partial charge in [-0.05, 0) is 38.1 Å². The zero-order chi connectivity index (χ0) is 13.3. The molecule has 1 aliphatic rings. The molecule has 2 rings (SSSR count). The average molecular weight is 250 g/mol. The summed E-state index contributed by atoms with van der Waals surface area (Å²) in [5.41, 5.74) is -0.656. The van der Waals surface area contributed by atoms with Crippen molar-refractivity contribution in [3.8, 4) is 5.75 Å². The fourth-order valence-electron chi connectivity index (χ4n) is 1.49. The van der Waals surface area contributed by atoms with E-state index >= 15 is 0 Å². The molecule has 0 bridgehead atoms. The third-order valence-corrected chi connectivity index (χ3v) is 2.84. The number of esters is 2. The van der Waals surface area contributed by atoms with Gasteiger partial charge in [-0.15, -0.1) is 0 Å². The maximum atomic E-state index is 11.7. The van der Waals surface area contributed by atoms with Crippen LogP contribution in [0.15, 0.2) is 24.3 Å². The predicted molar refractivity (Wildman–Crippen MR) is 61.7 cm³/mol. The van der Waals surface area contributed by atoms with Crippen molar-refractivity contribution >= 4 is 11.9 Å². The summed E-state index contributed by atoms with van der Waals surface area (Å²) >= 11 is 0. The zero-order valence-corrected chi connectivity index (χ0v) is 10.4. The minimum Gasteiger partial charge on any atom is -0.497 e. The number of cyclic esters (lactones) is 2. The van der Waals surface area contributed by atoms with Gasteiger partial charge in [-0.1, -0.05) is 0 Å². The molecule has 1 aromatic carbocycles. The average Bonchev–Trinajstić information content (AvgIpc) is 2.36. The molecule has 1 fully saturated rings. The maximum absolute atomic E-state index is 11.7. The Bertz CT molecular complexity index is 455. The van der Waals surface area contributed by atoms with Crippen LogP contribution in [-0.2, 0) is 19.1 Å². The lowest BCUT2D eigenvalue weighted by molar-refractivity contribution is -0.222. The standard InChI is InChI=1S/C13H14O5/c1-13(2)11(14)17-10(18-12(13)15)8-4-6-9(16-3)7-5-8/h4-7,10H,1-3H3. The summed E-state index contributed by atoms with van der Waals surface area (Å²) in [5, 5.41) is 0. The summed E-state index contributed by atoms with van der Waals surface area (Å²) in [7, 11) is 1.55. The van der Waals surface area contributed by atoms with E-state index in [4.69, 9.17) is 14.2 Å². The molecule has 0 radical (unpaired) electrons. The molecule has 1 heterocycles. The molecule has 0 amide bonds. The van der Waals surface area contributed by atoms with E-state index in [0.29, 0.717) is 11.3 Å². The van der Waals surface area contributed by atoms with E-state index < -0.39 is 23.6 Å². The van der Waals surface area contributed by atoms with E-state index in [1.807, 2.05) is 0 Å². The van der Waals surface area contributed by atoms with E-state index in [0.717, 1.165) is 0 Å². The van der Waals surface area contributed by atoms with Crippen LogP contribution in [-0.4, -0.2) is 19.0 Å². The summed E-state index contributed by atoms with van der Waals surface area (Å²) in [4.78, 5) is 23.4. The second kappa shape index (κ2) is 4.33. The quantitative estimate of drug-likeness (QED) is 0.591. The summed E-state index contributed by atoms with van der Waals surface area (Å²) in [6, 6.07) is 6.78. The van der Waals surface area contributed by atoms with Crippen molar-refractivity contribution in [2.45, 2.75) is 20.1 Å². The Morgan fingerprint density at radius 1 is 1.06 bits per heavy atom. The number of carbonyl (C=O) groups excluding carboxylic acids is 2. The van der Waals surface area contributed by atoms with Crippen LogP contribution in [0, 0.1) is 5.41 Å². The molecule has 18 heavy (non-hydrogen) atoms. The van der Waals surface area contributed by atoms with Crippen molar-refractivity contribution in [1.82, 2.24) is 0 Å². The number of benzene rings is 1. The monoisotopic (exact) mass is 250 g/mol. The second-order valence-electron chi connectivity index (χ2n) is 4.54. The van der Waals surface area contributed by atoms with Gasteiger partial charge in [0.2, 0.25) is 0 Å². The lowest BCUT2D eigenvalue weighted by Gasteiger charge is -2.31. The fourth-order valence-corrected chi connectivity index (χ4v) is 1.49. The van der Waals surface area contributed by atoms with Crippen molar-refractivity contribution in [2.75, 3.05) is 7.11 Å². The highest BCUT2D eigenvalue weighted by atomic mass is 16.7. The highest BCUT2D eigenvalue weighted by Gasteiger charge is 2.46. The molecule has 5 heteroatoms. The summed E-state index contributed by atoms with van der Waals surface area (Å²) in [5.74, 6) is -0.494. The van der Waals surface area contributed by atoms with Crippen LogP contribution in [0.5, 0.6) is 5.75 Å². The molecule has 0 spiro atoms. The lowest BCUT2D eigenvalue weighted by Crippen LogP contribution is -2.43. The Hall–Kier alpha value is -2.04. The molecule has 5 nitrogen and oxygen atoms in total. The van der Waals surface area contributed by atoms with Crippen LogP contribution in [0.25, 0.3) is 0 Å². The normalized spacial score (nSPS) is 19.1. The van der Waals surface area contributed by atoms with Gasteiger partial charge in [0.05, 0.1) is 7.11 Å². The van der Waals surface area contributed by atoms with Gasteiger partial charge in [0.25, 0.3) is 6.29 Å². The van der Waals surface area contributed by atoms with Crippen molar-refractivity contribution in [1.29, 1.82) is 0 Å². The van der Waals surface area contributed by atoms with Crippen molar-refractivity contribution in [3.05, 3.63) is 29.8 Å². The van der Waals surface area contributed by atoms with E-state index in [9.17, 15) is 9.59 Å². The Kier molecular flexibility index (Phi) is 2.98. The van der Waals surface area contributed by atoms with E-state index in [2.05, 4.69) is 0 Å². The number of rotatable bonds is 2. The van der Waals surface area contributed by atoms with Crippen LogP contribution in [0.3, 0.4) is 0 Å². The van der Waals surface area contributed by atoms with Crippen LogP contribution in [0.2, 0.25) is 0 Å². The van der Waals surface area contributed by atoms with Crippen LogP contribution < -0.4 is 4.74 Å². The first-order valence-electron chi connectivity index (χ1n) is 5.51. The molecular formula is C13H14O5. The van der Waals surface area contributed by atoms with Gasteiger partial charge in [-0.3, -0.25) is 9.59 Å². The number of hydrogen-bond donors (Lipinski definition) is 0. The summed E-state index contributed by atoms with van der Waals surface area (Å²) in [6.45, 7) is 2.95. The van der Waals surface area contributed by atoms with Gasteiger partial charge < -0.3 is 14.2 Å². The molecule has 0 unspecified atom stereocenters. The van der Waals surface area contributed by atoms with Gasteiger partial charge in [0.1, 0.15) is 5.75 Å². The Morgan fingerprint density at radius 2 is 1.56 bits per heavy atom. The molecule has 0 atom stereocenters. The minimum absolute atomic E-state index is 0.584. The highest BCUT2D eigenvalue weighted by Crippen LogP contribution is 2.33. The molecule has 0 saturated carbocycles. The molecule has 1 aliphatic heterocycles. The summed E-state index contributed by atoms with van der Waals surface area (Å²) < 4.78 is 15.2. The van der Waals surface area contributed by atoms with Crippen LogP contribution in [0.4, 0.5) is 0 Å². The topological polar surface area (TPSA) is 61.8 Å². The third kappa shape index (κ3) is 2.03. The van der Waals surface area contributed by atoms with Gasteiger partial charge in [0.15, 0.2) is 5.41 Å². The minimum atomic E-state index is -1.25. The van der Waals surface area contributed by atoms with E-state index in [1.165, 1.54) is 13.8 Å². The zero-order valence-electron chi connectivity index (χ0n) is 10.4. The first-order chi connectivity index (χ1) is 8.45. The fraction of sp³-hybridized carbons (Fsp3) is 0.385. The smallest absolute Gasteiger partial charge is 0.326 e. The van der Waals surface area contributed by atoms with Gasteiger partial charge in [-0.25, -0.2) is 0 Å². The number of methoxy groups -OCH3 is 1. The largest absolute Gasteiger partial charge is 0.497 e. The molecular weight excluding hydrogens is 236 g/mol. The summed E-state index contributed by atoms with van der Waals surface area (Å²) in [6.07, 6.45) is -0.982. The number of ether oxygens (including phenoxy) is 3. The molecule has 0 aromatic heterocycles. The van der Waals surface area contributed by atoms with Crippen molar-refractivity contribution < 1.29 is 23.8 Å². The van der Waals surface area contributed by atoms with Crippen molar-refractivity contribution in [2.24, 2.45) is 5.41 Å². The van der Waals surface area contributed by atoms with Crippen LogP contribution in [0.1, 0.15) is 25.7 Å². The number of hydrogen-bond acceptors (Lipinski definition) is 5. The first kappa shape index (κ1) is 12.4.